The minimum absolute atomic E-state index is 0.00694. The smallest absolute Gasteiger partial charge is 0.309 e. The summed E-state index contributed by atoms with van der Waals surface area (Å²) in [6.07, 6.45) is 12.2. The zero-order valence-electron chi connectivity index (χ0n) is 17.3. The monoisotopic (exact) mass is 405 g/mol. The molecule has 0 N–H and O–H groups in total. The molecule has 2 heterocycles. The lowest BCUT2D eigenvalue weighted by Crippen LogP contribution is -2.42. The maximum atomic E-state index is 13.5. The molecule has 4 heteroatoms. The van der Waals surface area contributed by atoms with Gasteiger partial charge in [-0.15, -0.1) is 0 Å². The molecule has 3 nitrogen and oxygen atoms in total. The van der Waals surface area contributed by atoms with E-state index >= 15 is 0 Å². The Morgan fingerprint density at radius 1 is 1.13 bits per heavy atom. The average molecular weight is 406 g/mol. The van der Waals surface area contributed by atoms with E-state index in [-0.39, 0.29) is 29.7 Å². The van der Waals surface area contributed by atoms with Gasteiger partial charge in [-0.1, -0.05) is 43.5 Å². The topological polar surface area (TPSA) is 39.2 Å². The summed E-state index contributed by atoms with van der Waals surface area (Å²) in [6, 6.07) is 10.5. The molecular formula is C26H28FNO2. The van der Waals surface area contributed by atoms with Gasteiger partial charge in [0.2, 0.25) is 0 Å². The van der Waals surface area contributed by atoms with E-state index in [1.54, 1.807) is 12.3 Å². The minimum Gasteiger partial charge on any atom is -0.462 e. The molecule has 0 spiro atoms. The Morgan fingerprint density at radius 3 is 2.80 bits per heavy atom. The molecule has 3 aliphatic rings. The van der Waals surface area contributed by atoms with Crippen molar-refractivity contribution in [1.29, 1.82) is 0 Å². The van der Waals surface area contributed by atoms with E-state index in [0.717, 1.165) is 23.2 Å². The molecule has 156 valence electrons. The largest absolute Gasteiger partial charge is 0.462 e. The van der Waals surface area contributed by atoms with Crippen molar-refractivity contribution in [3.8, 4) is 11.1 Å². The minimum atomic E-state index is -0.243. The molecule has 1 aromatic heterocycles. The Labute approximate surface area is 177 Å². The summed E-state index contributed by atoms with van der Waals surface area (Å²) >= 11 is 0. The third-order valence-electron chi connectivity index (χ3n) is 7.51. The first-order chi connectivity index (χ1) is 14.6. The molecule has 3 fully saturated rings. The van der Waals surface area contributed by atoms with Gasteiger partial charge in [0, 0.05) is 17.7 Å². The second kappa shape index (κ2) is 7.98. The third-order valence-corrected chi connectivity index (χ3v) is 7.51. The maximum Gasteiger partial charge on any atom is 0.309 e. The normalized spacial score (nSPS) is 33.2. The number of esters is 1. The van der Waals surface area contributed by atoms with Crippen molar-refractivity contribution < 1.29 is 13.9 Å². The van der Waals surface area contributed by atoms with Crippen molar-refractivity contribution in [3.05, 3.63) is 60.2 Å². The summed E-state index contributed by atoms with van der Waals surface area (Å²) < 4.78 is 19.1. The summed E-state index contributed by atoms with van der Waals surface area (Å²) in [5.41, 5.74) is 2.62. The molecule has 0 amide bonds. The Hall–Kier alpha value is -2.49. The summed E-state index contributed by atoms with van der Waals surface area (Å²) in [4.78, 5) is 17.0. The van der Waals surface area contributed by atoms with E-state index in [1.807, 2.05) is 18.2 Å². The number of cyclic esters (lactones) is 1. The molecule has 2 aromatic rings. The van der Waals surface area contributed by atoms with Crippen LogP contribution in [0.2, 0.25) is 0 Å². The summed E-state index contributed by atoms with van der Waals surface area (Å²) in [7, 11) is 0. The van der Waals surface area contributed by atoms with Crippen molar-refractivity contribution in [1.82, 2.24) is 4.98 Å². The van der Waals surface area contributed by atoms with Crippen LogP contribution in [0.25, 0.3) is 17.2 Å². The van der Waals surface area contributed by atoms with Gasteiger partial charge >= 0.3 is 5.97 Å². The summed E-state index contributed by atoms with van der Waals surface area (Å²) in [5, 5.41) is 0. The first kappa shape index (κ1) is 19.5. The molecule has 6 atom stereocenters. The van der Waals surface area contributed by atoms with E-state index < -0.39 is 0 Å². The highest BCUT2D eigenvalue weighted by atomic mass is 19.1. The number of hydrogen-bond acceptors (Lipinski definition) is 3. The summed E-state index contributed by atoms with van der Waals surface area (Å²) in [5.74, 6) is 1.73. The fourth-order valence-electron chi connectivity index (χ4n) is 6.14. The second-order valence-corrected chi connectivity index (χ2v) is 9.19. The number of nitrogens with zero attached hydrogens (tertiary/aromatic N) is 1. The zero-order chi connectivity index (χ0) is 20.7. The van der Waals surface area contributed by atoms with E-state index in [0.29, 0.717) is 17.8 Å². The van der Waals surface area contributed by atoms with Crippen molar-refractivity contribution in [2.45, 2.75) is 45.1 Å². The summed E-state index contributed by atoms with van der Waals surface area (Å²) in [6.45, 7) is 2.05. The molecule has 0 radical (unpaired) electrons. The number of carbonyl (C=O) groups excluding carboxylic acids is 1. The first-order valence-electron chi connectivity index (χ1n) is 11.2. The lowest BCUT2D eigenvalue weighted by Gasteiger charge is -2.45. The van der Waals surface area contributed by atoms with E-state index in [9.17, 15) is 9.18 Å². The predicted molar refractivity (Wildman–Crippen MR) is 115 cm³/mol. The number of ether oxygens (including phenoxy) is 1. The predicted octanol–water partition coefficient (Wildman–Crippen LogP) is 5.90. The Balaban J connectivity index is 1.39. The molecular weight excluding hydrogens is 377 g/mol. The van der Waals surface area contributed by atoms with Crippen molar-refractivity contribution >= 4 is 12.0 Å². The molecule has 1 aliphatic heterocycles. The number of benzene rings is 1. The number of aromatic nitrogens is 1. The molecule has 0 bridgehead atoms. The molecule has 30 heavy (non-hydrogen) atoms. The van der Waals surface area contributed by atoms with Gasteiger partial charge in [0.1, 0.15) is 11.9 Å². The van der Waals surface area contributed by atoms with Crippen LogP contribution in [0.3, 0.4) is 0 Å². The molecule has 2 saturated carbocycles. The quantitative estimate of drug-likeness (QED) is 0.597. The van der Waals surface area contributed by atoms with Gasteiger partial charge in [0.25, 0.3) is 0 Å². The molecule has 5 rings (SSSR count). The molecule has 4 unspecified atom stereocenters. The Kier molecular flexibility index (Phi) is 5.18. The Morgan fingerprint density at radius 2 is 2.00 bits per heavy atom. The highest BCUT2D eigenvalue weighted by molar-refractivity contribution is 5.75. The first-order valence-corrected chi connectivity index (χ1v) is 11.2. The van der Waals surface area contributed by atoms with Crippen molar-refractivity contribution in [2.24, 2.45) is 29.6 Å². The highest BCUT2D eigenvalue weighted by Crippen LogP contribution is 2.53. The van der Waals surface area contributed by atoms with E-state index in [1.165, 1.54) is 37.8 Å². The van der Waals surface area contributed by atoms with Crippen molar-refractivity contribution in [2.75, 3.05) is 0 Å². The standard InChI is InChI=1S/C26H28FNO2/c1-16-25-23(22-8-3-2-5-18(22)14-24(25)26(29)30-16)12-11-21-10-9-19(15-28-21)17-6-4-7-20(27)13-17/h4,6-7,9-13,15-16,18,22-25H,2-3,5,8,14H2,1H3/b12-11+/t16?,18?,22-,23?,24?,25-/m1/s1. The fraction of sp³-hybridized carbons (Fsp3) is 0.462. The van der Waals surface area contributed by atoms with Crippen LogP contribution in [0.15, 0.2) is 48.7 Å². The van der Waals surface area contributed by atoms with Gasteiger partial charge in [-0.25, -0.2) is 4.39 Å². The van der Waals surface area contributed by atoms with Gasteiger partial charge < -0.3 is 4.74 Å². The van der Waals surface area contributed by atoms with E-state index in [2.05, 4.69) is 24.1 Å². The number of carbonyl (C=O) groups is 1. The second-order valence-electron chi connectivity index (χ2n) is 9.19. The third kappa shape index (κ3) is 3.57. The van der Waals surface area contributed by atoms with E-state index in [4.69, 9.17) is 4.74 Å². The fourth-order valence-corrected chi connectivity index (χ4v) is 6.14. The van der Waals surface area contributed by atoms with Gasteiger partial charge in [0.15, 0.2) is 0 Å². The van der Waals surface area contributed by atoms with Crippen LogP contribution in [-0.2, 0) is 9.53 Å². The van der Waals surface area contributed by atoms with Crippen LogP contribution in [0.5, 0.6) is 0 Å². The highest BCUT2D eigenvalue weighted by Gasteiger charge is 2.53. The number of fused-ring (bicyclic) bond motifs is 2. The van der Waals surface area contributed by atoms with Crippen LogP contribution < -0.4 is 0 Å². The zero-order valence-corrected chi connectivity index (χ0v) is 17.3. The van der Waals surface area contributed by atoms with Crippen LogP contribution in [-0.4, -0.2) is 17.1 Å². The van der Waals surface area contributed by atoms with Gasteiger partial charge in [0.05, 0.1) is 11.6 Å². The number of rotatable bonds is 3. The number of hydrogen-bond donors (Lipinski definition) is 0. The average Bonchev–Trinajstić information content (AvgIpc) is 3.05. The number of pyridine rings is 1. The molecule has 1 saturated heterocycles. The molecule has 1 aromatic carbocycles. The Bertz CT molecular complexity index is 954. The van der Waals surface area contributed by atoms with Crippen LogP contribution in [0, 0.1) is 35.4 Å². The van der Waals surface area contributed by atoms with Gasteiger partial charge in [-0.3, -0.25) is 9.78 Å². The number of allylic oxidation sites excluding steroid dienone is 1. The number of halogens is 1. The van der Waals surface area contributed by atoms with Crippen LogP contribution in [0.1, 0.15) is 44.7 Å². The van der Waals surface area contributed by atoms with Gasteiger partial charge in [-0.2, -0.15) is 0 Å². The van der Waals surface area contributed by atoms with Crippen molar-refractivity contribution in [3.63, 3.8) is 0 Å². The van der Waals surface area contributed by atoms with Gasteiger partial charge in [-0.05, 0) is 67.4 Å². The SMILES string of the molecule is CC1OC(=O)C2CC3CCCC[C@H]3C(/C=C/c3ccc(-c4cccc(F)c4)cn3)[C@@H]12. The lowest BCUT2D eigenvalue weighted by molar-refractivity contribution is -0.144. The van der Waals surface area contributed by atoms with Crippen LogP contribution >= 0.6 is 0 Å². The maximum absolute atomic E-state index is 13.5. The lowest BCUT2D eigenvalue weighted by atomic mass is 9.57. The van der Waals surface area contributed by atoms with Crippen LogP contribution in [0.4, 0.5) is 4.39 Å². The molecule has 2 aliphatic carbocycles.